The molecule has 0 unspecified atom stereocenters. The van der Waals surface area contributed by atoms with Crippen molar-refractivity contribution >= 4 is 21.9 Å². The second-order valence-corrected chi connectivity index (χ2v) is 5.85. The molecule has 1 aromatic carbocycles. The molecule has 1 heterocycles. The Balaban J connectivity index is 2.07. The molecule has 7 heteroatoms. The summed E-state index contributed by atoms with van der Waals surface area (Å²) in [5.74, 6) is 0.569. The smallest absolute Gasteiger partial charge is 0.339 e. The Morgan fingerprint density at radius 2 is 2.24 bits per heavy atom. The zero-order chi connectivity index (χ0) is 15.4. The third-order valence-corrected chi connectivity index (χ3v) is 3.12. The van der Waals surface area contributed by atoms with E-state index >= 15 is 0 Å². The number of aromatic carboxylic acids is 1. The highest BCUT2D eigenvalue weighted by Gasteiger charge is 2.14. The topological polar surface area (TPSA) is 85.5 Å². The van der Waals surface area contributed by atoms with E-state index < -0.39 is 5.97 Å². The fraction of sp³-hybridized carbons (Fsp3) is 0.357. The van der Waals surface area contributed by atoms with Gasteiger partial charge in [0.2, 0.25) is 11.7 Å². The van der Waals surface area contributed by atoms with Gasteiger partial charge in [0.1, 0.15) is 11.3 Å². The maximum Gasteiger partial charge on any atom is 0.339 e. The summed E-state index contributed by atoms with van der Waals surface area (Å²) in [5.41, 5.74) is 0.0871. The standard InChI is InChI=1S/C14H15BrN2O4/c1-8(2)5-13-16-12(17-21-13)7-20-11-6-9(15)3-4-10(11)14(18)19/h3-4,6,8H,5,7H2,1-2H3,(H,18,19). The monoisotopic (exact) mass is 354 g/mol. The van der Waals surface area contributed by atoms with Crippen molar-refractivity contribution in [2.45, 2.75) is 26.9 Å². The molecular formula is C14H15BrN2O4. The van der Waals surface area contributed by atoms with E-state index in [1.807, 2.05) is 0 Å². The van der Waals surface area contributed by atoms with Crippen LogP contribution in [0, 0.1) is 5.92 Å². The Bertz CT molecular complexity index is 640. The van der Waals surface area contributed by atoms with E-state index in [-0.39, 0.29) is 17.9 Å². The second-order valence-electron chi connectivity index (χ2n) is 4.94. The van der Waals surface area contributed by atoms with Crippen LogP contribution in [0.4, 0.5) is 0 Å². The number of nitrogens with zero attached hydrogens (tertiary/aromatic N) is 2. The van der Waals surface area contributed by atoms with Crippen molar-refractivity contribution in [3.63, 3.8) is 0 Å². The van der Waals surface area contributed by atoms with Gasteiger partial charge in [-0.1, -0.05) is 34.9 Å². The van der Waals surface area contributed by atoms with Gasteiger partial charge in [-0.15, -0.1) is 0 Å². The van der Waals surface area contributed by atoms with Gasteiger partial charge in [0, 0.05) is 10.9 Å². The zero-order valence-corrected chi connectivity index (χ0v) is 13.3. The number of rotatable bonds is 6. The van der Waals surface area contributed by atoms with Crippen LogP contribution in [0.25, 0.3) is 0 Å². The second kappa shape index (κ2) is 6.71. The van der Waals surface area contributed by atoms with Gasteiger partial charge in [-0.05, 0) is 24.1 Å². The van der Waals surface area contributed by atoms with Crippen molar-refractivity contribution in [3.05, 3.63) is 40.0 Å². The van der Waals surface area contributed by atoms with E-state index in [0.29, 0.717) is 24.1 Å². The minimum Gasteiger partial charge on any atom is -0.485 e. The number of hydrogen-bond acceptors (Lipinski definition) is 5. The minimum atomic E-state index is -1.05. The molecule has 0 atom stereocenters. The molecule has 6 nitrogen and oxygen atoms in total. The van der Waals surface area contributed by atoms with E-state index in [9.17, 15) is 4.79 Å². The van der Waals surface area contributed by atoms with Crippen molar-refractivity contribution in [2.75, 3.05) is 0 Å². The highest BCUT2D eigenvalue weighted by atomic mass is 79.9. The molecule has 1 N–H and O–H groups in total. The van der Waals surface area contributed by atoms with Crippen LogP contribution >= 0.6 is 15.9 Å². The number of ether oxygens (including phenoxy) is 1. The van der Waals surface area contributed by atoms with Crippen LogP contribution in [0.3, 0.4) is 0 Å². The Morgan fingerprint density at radius 1 is 1.48 bits per heavy atom. The van der Waals surface area contributed by atoms with Crippen LogP contribution in [-0.2, 0) is 13.0 Å². The Hall–Kier alpha value is -1.89. The summed E-state index contributed by atoms with van der Waals surface area (Å²) >= 11 is 3.28. The van der Waals surface area contributed by atoms with Crippen LogP contribution in [0.5, 0.6) is 5.75 Å². The summed E-state index contributed by atoms with van der Waals surface area (Å²) in [7, 11) is 0. The third kappa shape index (κ3) is 4.29. The lowest BCUT2D eigenvalue weighted by molar-refractivity contribution is 0.0691. The highest BCUT2D eigenvalue weighted by Crippen LogP contribution is 2.24. The van der Waals surface area contributed by atoms with Crippen molar-refractivity contribution in [2.24, 2.45) is 5.92 Å². The Morgan fingerprint density at radius 3 is 2.90 bits per heavy atom. The number of carboxylic acids is 1. The molecule has 0 fully saturated rings. The molecule has 0 aliphatic carbocycles. The average molecular weight is 355 g/mol. The summed E-state index contributed by atoms with van der Waals surface area (Å²) in [5, 5.41) is 12.9. The first-order chi connectivity index (χ1) is 9.95. The molecule has 2 aromatic rings. The van der Waals surface area contributed by atoms with Gasteiger partial charge in [-0.25, -0.2) is 4.79 Å². The number of halogens is 1. The molecule has 0 aliphatic rings. The molecule has 0 aliphatic heterocycles. The number of carboxylic acid groups (broad SMARTS) is 1. The zero-order valence-electron chi connectivity index (χ0n) is 11.7. The van der Waals surface area contributed by atoms with E-state index in [2.05, 4.69) is 39.9 Å². The van der Waals surface area contributed by atoms with Crippen molar-refractivity contribution in [1.29, 1.82) is 0 Å². The first-order valence-corrected chi connectivity index (χ1v) is 7.22. The van der Waals surface area contributed by atoms with Crippen molar-refractivity contribution < 1.29 is 19.2 Å². The van der Waals surface area contributed by atoms with Crippen molar-refractivity contribution in [3.8, 4) is 5.75 Å². The summed E-state index contributed by atoms with van der Waals surface area (Å²) in [6.07, 6.45) is 0.699. The minimum absolute atomic E-state index is 0.0539. The molecule has 0 saturated carbocycles. The predicted molar refractivity (Wildman–Crippen MR) is 78.3 cm³/mol. The summed E-state index contributed by atoms with van der Waals surface area (Å²) < 4.78 is 11.3. The van der Waals surface area contributed by atoms with Gasteiger partial charge < -0.3 is 14.4 Å². The normalized spacial score (nSPS) is 10.9. The fourth-order valence-electron chi connectivity index (χ4n) is 1.72. The molecule has 0 bridgehead atoms. The van der Waals surface area contributed by atoms with Crippen LogP contribution in [0.2, 0.25) is 0 Å². The lowest BCUT2D eigenvalue weighted by Crippen LogP contribution is -2.04. The lowest BCUT2D eigenvalue weighted by atomic mass is 10.1. The summed E-state index contributed by atoms with van der Waals surface area (Å²) in [4.78, 5) is 15.3. The predicted octanol–water partition coefficient (Wildman–Crippen LogP) is 3.31. The average Bonchev–Trinajstić information content (AvgIpc) is 2.82. The highest BCUT2D eigenvalue weighted by molar-refractivity contribution is 9.10. The molecule has 112 valence electrons. The summed E-state index contributed by atoms with van der Waals surface area (Å²) in [6, 6.07) is 4.71. The van der Waals surface area contributed by atoms with Crippen LogP contribution < -0.4 is 4.74 Å². The molecule has 1 aromatic heterocycles. The number of carbonyl (C=O) groups is 1. The fourth-order valence-corrected chi connectivity index (χ4v) is 2.06. The molecule has 0 saturated heterocycles. The van der Waals surface area contributed by atoms with Gasteiger partial charge in [0.25, 0.3) is 0 Å². The maximum atomic E-state index is 11.1. The molecule has 0 spiro atoms. The number of benzene rings is 1. The van der Waals surface area contributed by atoms with E-state index in [1.54, 1.807) is 12.1 Å². The van der Waals surface area contributed by atoms with Gasteiger partial charge in [0.15, 0.2) is 6.61 Å². The Labute approximate surface area is 130 Å². The molecule has 0 amide bonds. The largest absolute Gasteiger partial charge is 0.485 e. The van der Waals surface area contributed by atoms with Crippen molar-refractivity contribution in [1.82, 2.24) is 10.1 Å². The third-order valence-electron chi connectivity index (χ3n) is 2.62. The SMILES string of the molecule is CC(C)Cc1nc(COc2cc(Br)ccc2C(=O)O)no1. The summed E-state index contributed by atoms with van der Waals surface area (Å²) in [6.45, 7) is 4.17. The first-order valence-electron chi connectivity index (χ1n) is 6.43. The first kappa shape index (κ1) is 15.5. The van der Waals surface area contributed by atoms with Gasteiger partial charge in [0.05, 0.1) is 0 Å². The Kier molecular flexibility index (Phi) is 4.95. The van der Waals surface area contributed by atoms with E-state index in [0.717, 1.165) is 4.47 Å². The van der Waals surface area contributed by atoms with E-state index in [1.165, 1.54) is 6.07 Å². The maximum absolute atomic E-state index is 11.1. The molecular weight excluding hydrogens is 340 g/mol. The van der Waals surface area contributed by atoms with Crippen LogP contribution in [0.1, 0.15) is 35.9 Å². The number of aromatic nitrogens is 2. The lowest BCUT2D eigenvalue weighted by Gasteiger charge is -2.07. The molecule has 0 radical (unpaired) electrons. The molecule has 21 heavy (non-hydrogen) atoms. The van der Waals surface area contributed by atoms with Gasteiger partial charge >= 0.3 is 5.97 Å². The molecule has 2 rings (SSSR count). The number of hydrogen-bond donors (Lipinski definition) is 1. The van der Waals surface area contributed by atoms with Gasteiger partial charge in [-0.2, -0.15) is 4.98 Å². The van der Waals surface area contributed by atoms with Gasteiger partial charge in [-0.3, -0.25) is 0 Å². The van der Waals surface area contributed by atoms with Crippen LogP contribution in [0.15, 0.2) is 27.2 Å². The van der Waals surface area contributed by atoms with E-state index in [4.69, 9.17) is 14.4 Å². The van der Waals surface area contributed by atoms with Crippen LogP contribution in [-0.4, -0.2) is 21.2 Å². The quantitative estimate of drug-likeness (QED) is 0.856.